The molecule has 1 fully saturated rings. The number of nitrogens with two attached hydrogens (primary N) is 1. The fraction of sp³-hybridized carbons (Fsp3) is 0.320. The van der Waals surface area contributed by atoms with Crippen LogP contribution in [-0.4, -0.2) is 59.4 Å². The first-order chi connectivity index (χ1) is 16.7. The van der Waals surface area contributed by atoms with Crippen LogP contribution in [0.1, 0.15) is 54.8 Å². The van der Waals surface area contributed by atoms with Crippen molar-refractivity contribution in [2.75, 3.05) is 12.3 Å². The number of anilines is 1. The normalized spacial score (nSPS) is 18.1. The Morgan fingerprint density at radius 1 is 1.26 bits per heavy atom. The van der Waals surface area contributed by atoms with E-state index in [2.05, 4.69) is 21.9 Å². The zero-order valence-corrected chi connectivity index (χ0v) is 19.6. The predicted molar refractivity (Wildman–Crippen MR) is 130 cm³/mol. The molecule has 0 spiro atoms. The van der Waals surface area contributed by atoms with Crippen molar-refractivity contribution in [2.45, 2.75) is 39.3 Å². The van der Waals surface area contributed by atoms with Gasteiger partial charge in [0.1, 0.15) is 11.5 Å². The van der Waals surface area contributed by atoms with Gasteiger partial charge in [-0.25, -0.2) is 14.3 Å². The summed E-state index contributed by atoms with van der Waals surface area (Å²) in [4.78, 5) is 29.6. The summed E-state index contributed by atoms with van der Waals surface area (Å²) in [6.45, 7) is 6.37. The fourth-order valence-corrected chi connectivity index (χ4v) is 5.04. The monoisotopic (exact) mass is 471 g/mol. The predicted octanol–water partition coefficient (Wildman–Crippen LogP) is 3.21. The molecule has 1 amide bonds. The molecule has 1 aliphatic rings. The van der Waals surface area contributed by atoms with Crippen LogP contribution >= 0.6 is 0 Å². The number of pyridine rings is 2. The molecule has 0 saturated carbocycles. The third kappa shape index (κ3) is 3.75. The average molecular weight is 472 g/mol. The van der Waals surface area contributed by atoms with Crippen molar-refractivity contribution in [1.29, 1.82) is 0 Å². The van der Waals surface area contributed by atoms with Crippen LogP contribution in [0.25, 0.3) is 16.4 Å². The van der Waals surface area contributed by atoms with Gasteiger partial charge in [0.25, 0.3) is 0 Å². The van der Waals surface area contributed by atoms with E-state index >= 15 is 0 Å². The van der Waals surface area contributed by atoms with E-state index in [0.29, 0.717) is 41.4 Å². The number of carboxylic acid groups (broad SMARTS) is 1. The van der Waals surface area contributed by atoms with Crippen LogP contribution in [-0.2, 0) is 0 Å². The number of nitrogens with zero attached hydrogens (tertiary/aromatic N) is 6. The SMILES string of the molecule is CC(C)(C)C1C(n2nc(C#Cc3ccc4ccnn4c3)c3c(N)ncc(C=O)c32)CCN1C(=O)O. The maximum absolute atomic E-state index is 12.0. The second-order valence-corrected chi connectivity index (χ2v) is 9.74. The van der Waals surface area contributed by atoms with Crippen molar-refractivity contribution < 1.29 is 14.7 Å². The van der Waals surface area contributed by atoms with Crippen LogP contribution in [0.2, 0.25) is 0 Å². The van der Waals surface area contributed by atoms with E-state index in [1.807, 2.05) is 45.2 Å². The Labute approximate surface area is 201 Å². The Hall–Kier alpha value is -4.39. The van der Waals surface area contributed by atoms with Gasteiger partial charge in [-0.05, 0) is 36.0 Å². The highest BCUT2D eigenvalue weighted by Crippen LogP contribution is 2.42. The summed E-state index contributed by atoms with van der Waals surface area (Å²) in [5.74, 6) is 6.42. The van der Waals surface area contributed by atoms with E-state index < -0.39 is 6.09 Å². The molecule has 0 bridgehead atoms. The zero-order valence-electron chi connectivity index (χ0n) is 19.6. The fourth-order valence-electron chi connectivity index (χ4n) is 5.04. The Kier molecular flexibility index (Phi) is 5.20. The lowest BCUT2D eigenvalue weighted by atomic mass is 9.82. The number of carbonyl (C=O) groups is 2. The van der Waals surface area contributed by atoms with Crippen molar-refractivity contribution in [3.05, 3.63) is 53.6 Å². The number of carbonyl (C=O) groups excluding carboxylic acids is 1. The van der Waals surface area contributed by atoms with Crippen LogP contribution in [0.4, 0.5) is 10.6 Å². The Bertz CT molecular complexity index is 1530. The van der Waals surface area contributed by atoms with Gasteiger partial charge in [-0.1, -0.05) is 26.7 Å². The van der Waals surface area contributed by atoms with E-state index in [4.69, 9.17) is 10.8 Å². The molecule has 0 aliphatic carbocycles. The standard InChI is InChI=1S/C25H25N7O3/c1-25(2,3)22-19(9-11-30(22)24(34)35)32-21-16(14-33)12-27-23(26)20(21)18(29-32)7-5-15-4-6-17-8-10-28-31(17)13-15/h4,6,8,10,12-14,19,22H,9,11H2,1-3H3,(H2,26,27)(H,34,35). The Morgan fingerprint density at radius 3 is 2.77 bits per heavy atom. The number of rotatable bonds is 2. The van der Waals surface area contributed by atoms with Crippen LogP contribution in [0.5, 0.6) is 0 Å². The number of fused-ring (bicyclic) bond motifs is 2. The molecule has 0 radical (unpaired) electrons. The highest BCUT2D eigenvalue weighted by molar-refractivity contribution is 6.02. The second kappa shape index (κ2) is 8.13. The molecule has 5 rings (SSSR count). The molecule has 1 saturated heterocycles. The van der Waals surface area contributed by atoms with Gasteiger partial charge in [0.15, 0.2) is 6.29 Å². The summed E-state index contributed by atoms with van der Waals surface area (Å²) < 4.78 is 3.46. The Balaban J connectivity index is 1.69. The molecule has 2 atom stereocenters. The molecular formula is C25H25N7O3. The number of amides is 1. The maximum atomic E-state index is 12.0. The molecule has 10 nitrogen and oxygen atoms in total. The van der Waals surface area contributed by atoms with Crippen molar-refractivity contribution in [3.8, 4) is 11.8 Å². The first-order valence-corrected chi connectivity index (χ1v) is 11.3. The molecule has 4 aromatic heterocycles. The summed E-state index contributed by atoms with van der Waals surface area (Å²) in [7, 11) is 0. The van der Waals surface area contributed by atoms with E-state index in [1.54, 1.807) is 15.4 Å². The average Bonchev–Trinajstić information content (AvgIpc) is 3.53. The third-order valence-electron chi connectivity index (χ3n) is 6.44. The van der Waals surface area contributed by atoms with Gasteiger partial charge >= 0.3 is 6.09 Å². The lowest BCUT2D eigenvalue weighted by molar-refractivity contribution is 0.0912. The molecular weight excluding hydrogens is 446 g/mol. The number of hydrogen-bond donors (Lipinski definition) is 2. The molecule has 35 heavy (non-hydrogen) atoms. The van der Waals surface area contributed by atoms with E-state index in [9.17, 15) is 14.7 Å². The summed E-state index contributed by atoms with van der Waals surface area (Å²) >= 11 is 0. The van der Waals surface area contributed by atoms with Gasteiger partial charge in [-0.3, -0.25) is 9.48 Å². The van der Waals surface area contributed by atoms with Gasteiger partial charge in [0.2, 0.25) is 0 Å². The molecule has 5 heterocycles. The summed E-state index contributed by atoms with van der Waals surface area (Å²) in [5, 5.41) is 19.3. The zero-order chi connectivity index (χ0) is 24.9. The largest absolute Gasteiger partial charge is 0.465 e. The molecule has 1 aliphatic heterocycles. The number of hydrogen-bond acceptors (Lipinski definition) is 6. The third-order valence-corrected chi connectivity index (χ3v) is 6.44. The summed E-state index contributed by atoms with van der Waals surface area (Å²) in [5.41, 5.74) is 8.79. The van der Waals surface area contributed by atoms with Crippen molar-refractivity contribution in [2.24, 2.45) is 5.41 Å². The lowest BCUT2D eigenvalue weighted by Gasteiger charge is -2.37. The number of aldehydes is 1. The van der Waals surface area contributed by atoms with Crippen LogP contribution in [0.15, 0.2) is 36.8 Å². The summed E-state index contributed by atoms with van der Waals surface area (Å²) in [6, 6.07) is 5.04. The van der Waals surface area contributed by atoms with Gasteiger partial charge in [0, 0.05) is 30.7 Å². The topological polar surface area (TPSA) is 132 Å². The van der Waals surface area contributed by atoms with Crippen molar-refractivity contribution in [1.82, 2.24) is 29.3 Å². The number of nitrogen functional groups attached to an aromatic ring is 1. The van der Waals surface area contributed by atoms with E-state index in [0.717, 1.165) is 11.1 Å². The minimum Gasteiger partial charge on any atom is -0.465 e. The Morgan fingerprint density at radius 2 is 2.06 bits per heavy atom. The lowest BCUT2D eigenvalue weighted by Crippen LogP contribution is -2.46. The second-order valence-electron chi connectivity index (χ2n) is 9.74. The van der Waals surface area contributed by atoms with Crippen molar-refractivity contribution in [3.63, 3.8) is 0 Å². The van der Waals surface area contributed by atoms with Gasteiger partial charge in [-0.2, -0.15) is 10.2 Å². The number of aromatic nitrogens is 5. The van der Waals surface area contributed by atoms with E-state index in [1.165, 1.54) is 11.1 Å². The maximum Gasteiger partial charge on any atom is 0.407 e. The quantitative estimate of drug-likeness (QED) is 0.339. The highest BCUT2D eigenvalue weighted by Gasteiger charge is 2.46. The van der Waals surface area contributed by atoms with Crippen LogP contribution < -0.4 is 5.73 Å². The van der Waals surface area contributed by atoms with Gasteiger partial charge in [-0.15, -0.1) is 0 Å². The van der Waals surface area contributed by atoms with Crippen LogP contribution in [0, 0.1) is 17.3 Å². The van der Waals surface area contributed by atoms with Crippen LogP contribution in [0.3, 0.4) is 0 Å². The molecule has 0 aromatic carbocycles. The van der Waals surface area contributed by atoms with Gasteiger partial charge < -0.3 is 15.7 Å². The molecule has 3 N–H and O–H groups in total. The summed E-state index contributed by atoms with van der Waals surface area (Å²) in [6.07, 6.45) is 5.23. The number of likely N-dealkylation sites (tertiary alicyclic amines) is 1. The first kappa shape index (κ1) is 22.4. The molecule has 2 unspecified atom stereocenters. The first-order valence-electron chi connectivity index (χ1n) is 11.3. The highest BCUT2D eigenvalue weighted by atomic mass is 16.4. The van der Waals surface area contributed by atoms with Gasteiger partial charge in [0.05, 0.1) is 34.1 Å². The van der Waals surface area contributed by atoms with E-state index in [-0.39, 0.29) is 23.3 Å². The molecule has 10 heteroatoms. The minimum atomic E-state index is -0.977. The molecule has 178 valence electrons. The van der Waals surface area contributed by atoms with Crippen molar-refractivity contribution >= 4 is 34.6 Å². The smallest absolute Gasteiger partial charge is 0.407 e. The minimum absolute atomic E-state index is 0.212. The molecule has 4 aromatic rings.